The number of benzene rings is 2. The molecule has 2 aromatic rings. The minimum absolute atomic E-state index is 0.0190. The van der Waals surface area contributed by atoms with Gasteiger partial charge in [-0.25, -0.2) is 8.42 Å². The van der Waals surface area contributed by atoms with Crippen LogP contribution in [0.5, 0.6) is 0 Å². The summed E-state index contributed by atoms with van der Waals surface area (Å²) >= 11 is 18.5. The number of likely N-dealkylation sites (N-methyl/N-ethyl adjacent to an activating group) is 1. The third-order valence-corrected chi connectivity index (χ3v) is 10.4. The molecule has 2 atom stereocenters. The van der Waals surface area contributed by atoms with Crippen molar-refractivity contribution in [1.82, 2.24) is 14.1 Å². The molecule has 0 spiro atoms. The van der Waals surface area contributed by atoms with Crippen LogP contribution in [-0.2, 0) is 19.6 Å². The van der Waals surface area contributed by atoms with Gasteiger partial charge in [0.1, 0.15) is 11.5 Å². The van der Waals surface area contributed by atoms with Crippen LogP contribution >= 0.6 is 34.8 Å². The highest BCUT2D eigenvalue weighted by atomic mass is 35.5. The lowest BCUT2D eigenvalue weighted by Crippen LogP contribution is -2.46. The highest BCUT2D eigenvalue weighted by Gasteiger charge is 2.36. The minimum Gasteiger partial charge on any atom is -0.370 e. The lowest BCUT2D eigenvalue weighted by atomic mass is 10.0. The Hall–Kier alpha value is -1.39. The smallest absolute Gasteiger partial charge is 0.248 e. The van der Waals surface area contributed by atoms with Crippen LogP contribution in [0.25, 0.3) is 0 Å². The highest BCUT2D eigenvalue weighted by Crippen LogP contribution is 2.36. The van der Waals surface area contributed by atoms with Crippen LogP contribution in [0.3, 0.4) is 0 Å². The van der Waals surface area contributed by atoms with Gasteiger partial charge in [-0.05, 0) is 56.5 Å². The zero-order chi connectivity index (χ0) is 27.3. The summed E-state index contributed by atoms with van der Waals surface area (Å²) in [6.07, 6.45) is 4.55. The summed E-state index contributed by atoms with van der Waals surface area (Å²) < 4.78 is 34.3. The highest BCUT2D eigenvalue weighted by molar-refractivity contribution is 7.89. The summed E-state index contributed by atoms with van der Waals surface area (Å²) in [4.78, 5) is 17.2. The van der Waals surface area contributed by atoms with E-state index in [-0.39, 0.29) is 45.1 Å². The van der Waals surface area contributed by atoms with Crippen molar-refractivity contribution in [1.29, 1.82) is 0 Å². The molecule has 2 aliphatic heterocycles. The van der Waals surface area contributed by atoms with Crippen LogP contribution in [0.15, 0.2) is 47.4 Å². The van der Waals surface area contributed by atoms with E-state index < -0.39 is 16.1 Å². The molecule has 2 fully saturated rings. The summed E-state index contributed by atoms with van der Waals surface area (Å²) in [5.41, 5.74) is 1.08. The molecule has 0 radical (unpaired) electrons. The molecule has 0 bridgehead atoms. The first-order valence-electron chi connectivity index (χ1n) is 13.0. The summed E-state index contributed by atoms with van der Waals surface area (Å²) in [6.45, 7) is 3.14. The van der Waals surface area contributed by atoms with Gasteiger partial charge in [0, 0.05) is 31.2 Å². The van der Waals surface area contributed by atoms with Crippen molar-refractivity contribution >= 4 is 50.7 Å². The lowest BCUT2D eigenvalue weighted by molar-refractivity contribution is -0.138. The first kappa shape index (κ1) is 29.6. The molecule has 2 heterocycles. The number of likely N-dealkylation sites (tertiary alicyclic amines) is 1. The number of halogens is 3. The van der Waals surface area contributed by atoms with Crippen LogP contribution in [0, 0.1) is 0 Å². The average molecular weight is 603 g/mol. The maximum Gasteiger partial charge on any atom is 0.248 e. The van der Waals surface area contributed by atoms with E-state index in [1.165, 1.54) is 29.3 Å². The van der Waals surface area contributed by atoms with Crippen molar-refractivity contribution in [3.05, 3.63) is 63.1 Å². The Kier molecular flexibility index (Phi) is 10.4. The van der Waals surface area contributed by atoms with Crippen molar-refractivity contribution in [2.24, 2.45) is 0 Å². The van der Waals surface area contributed by atoms with Crippen LogP contribution < -0.4 is 0 Å². The fourth-order valence-corrected chi connectivity index (χ4v) is 8.42. The molecule has 4 rings (SSSR count). The molecule has 7 nitrogen and oxygen atoms in total. The van der Waals surface area contributed by atoms with E-state index in [1.807, 2.05) is 30.3 Å². The monoisotopic (exact) mass is 601 g/mol. The van der Waals surface area contributed by atoms with Gasteiger partial charge in [-0.15, -0.1) is 0 Å². The fourth-order valence-electron chi connectivity index (χ4n) is 5.24. The van der Waals surface area contributed by atoms with Crippen LogP contribution in [-0.4, -0.2) is 80.9 Å². The number of carbonyl (C=O) groups excluding carboxylic acids is 1. The van der Waals surface area contributed by atoms with Crippen LogP contribution in [0.4, 0.5) is 0 Å². The normalized spacial score (nSPS) is 19.9. The summed E-state index contributed by atoms with van der Waals surface area (Å²) in [6, 6.07) is 12.3. The molecule has 2 aliphatic rings. The second-order valence-electron chi connectivity index (χ2n) is 9.92. The van der Waals surface area contributed by atoms with Gasteiger partial charge < -0.3 is 14.5 Å². The van der Waals surface area contributed by atoms with Gasteiger partial charge in [-0.3, -0.25) is 4.79 Å². The van der Waals surface area contributed by atoms with Crippen molar-refractivity contribution in [2.45, 2.75) is 49.1 Å². The predicted molar refractivity (Wildman–Crippen MR) is 151 cm³/mol. The topological polar surface area (TPSA) is 70.2 Å². The largest absolute Gasteiger partial charge is 0.370 e. The van der Waals surface area contributed by atoms with E-state index in [4.69, 9.17) is 39.5 Å². The zero-order valence-electron chi connectivity index (χ0n) is 21.5. The van der Waals surface area contributed by atoms with E-state index in [0.29, 0.717) is 13.0 Å². The van der Waals surface area contributed by atoms with Crippen molar-refractivity contribution in [3.63, 3.8) is 0 Å². The standard InChI is InChI=1S/C27H34Cl3N3O4S/c1-31(25(17-32-12-7-8-13-32)20-9-3-2-4-10-20)26(34)19-37-18-22-11-5-6-14-33(22)38(35,36)27-23(29)15-21(28)16-24(27)30/h2-4,9-10,15-16,22,25H,5-8,11-14,17-19H2,1H3. The van der Waals surface area contributed by atoms with E-state index in [9.17, 15) is 13.2 Å². The third-order valence-electron chi connectivity index (χ3n) is 7.31. The molecule has 0 aromatic heterocycles. The number of ether oxygens (including phenoxy) is 1. The number of hydrogen-bond donors (Lipinski definition) is 0. The van der Waals surface area contributed by atoms with E-state index in [0.717, 1.165) is 38.0 Å². The van der Waals surface area contributed by atoms with Gasteiger partial charge in [0.15, 0.2) is 0 Å². The van der Waals surface area contributed by atoms with E-state index in [1.54, 1.807) is 11.9 Å². The molecular formula is C27H34Cl3N3O4S. The van der Waals surface area contributed by atoms with Gasteiger partial charge in [-0.1, -0.05) is 71.6 Å². The molecular weight excluding hydrogens is 569 g/mol. The number of amides is 1. The number of rotatable bonds is 10. The number of sulfonamides is 1. The maximum atomic E-state index is 13.5. The van der Waals surface area contributed by atoms with E-state index >= 15 is 0 Å². The zero-order valence-corrected chi connectivity index (χ0v) is 24.6. The molecule has 208 valence electrons. The number of nitrogens with zero attached hydrogens (tertiary/aromatic N) is 3. The Morgan fingerprint density at radius 2 is 1.66 bits per heavy atom. The molecule has 38 heavy (non-hydrogen) atoms. The average Bonchev–Trinajstić information content (AvgIpc) is 3.40. The Bertz CT molecular complexity index is 1190. The predicted octanol–water partition coefficient (Wildman–Crippen LogP) is 5.50. The second-order valence-corrected chi connectivity index (χ2v) is 13.0. The van der Waals surface area contributed by atoms with Gasteiger partial charge in [0.25, 0.3) is 0 Å². The molecule has 11 heteroatoms. The third kappa shape index (κ3) is 7.02. The molecule has 0 saturated carbocycles. The van der Waals surface area contributed by atoms with Crippen LogP contribution in [0.2, 0.25) is 15.1 Å². The first-order chi connectivity index (χ1) is 18.2. The first-order valence-corrected chi connectivity index (χ1v) is 15.5. The Balaban J connectivity index is 1.41. The molecule has 2 aromatic carbocycles. The quantitative estimate of drug-likeness (QED) is 0.359. The molecule has 2 saturated heterocycles. The number of carbonyl (C=O) groups is 1. The van der Waals surface area contributed by atoms with Gasteiger partial charge in [-0.2, -0.15) is 4.31 Å². The minimum atomic E-state index is -3.99. The molecule has 1 amide bonds. The van der Waals surface area contributed by atoms with Crippen molar-refractivity contribution < 1.29 is 17.9 Å². The van der Waals surface area contributed by atoms with Gasteiger partial charge in [0.2, 0.25) is 15.9 Å². The molecule has 0 N–H and O–H groups in total. The van der Waals surface area contributed by atoms with Gasteiger partial charge in [0.05, 0.1) is 22.7 Å². The van der Waals surface area contributed by atoms with Crippen molar-refractivity contribution in [3.8, 4) is 0 Å². The number of piperidine rings is 1. The van der Waals surface area contributed by atoms with E-state index in [2.05, 4.69) is 4.90 Å². The summed E-state index contributed by atoms with van der Waals surface area (Å²) in [7, 11) is -2.18. The summed E-state index contributed by atoms with van der Waals surface area (Å²) in [5.74, 6) is -0.146. The molecule has 0 aliphatic carbocycles. The fraction of sp³-hybridized carbons (Fsp3) is 0.519. The molecule has 2 unspecified atom stereocenters. The SMILES string of the molecule is CN(C(=O)COCC1CCCCN1S(=O)(=O)c1c(Cl)cc(Cl)cc1Cl)C(CN1CCCC1)c1ccccc1. The van der Waals surface area contributed by atoms with Gasteiger partial charge >= 0.3 is 0 Å². The van der Waals surface area contributed by atoms with Crippen molar-refractivity contribution in [2.75, 3.05) is 46.4 Å². The lowest BCUT2D eigenvalue weighted by Gasteiger charge is -2.35. The maximum absolute atomic E-state index is 13.5. The second kappa shape index (κ2) is 13.3. The Morgan fingerprint density at radius 1 is 1.03 bits per heavy atom. The Labute approximate surface area is 240 Å². The van der Waals surface area contributed by atoms with Crippen LogP contribution in [0.1, 0.15) is 43.7 Å². The number of hydrogen-bond acceptors (Lipinski definition) is 5. The summed E-state index contributed by atoms with van der Waals surface area (Å²) in [5, 5.41) is 0.225. The Morgan fingerprint density at radius 3 is 2.32 bits per heavy atom.